The van der Waals surface area contributed by atoms with Crippen LogP contribution < -0.4 is 0 Å². The minimum Gasteiger partial charge on any atom is -0.433 e. The summed E-state index contributed by atoms with van der Waals surface area (Å²) in [6.07, 6.45) is -6.95. The molecular formula is C8H14O7. The van der Waals surface area contributed by atoms with E-state index in [4.69, 9.17) is 9.84 Å². The van der Waals surface area contributed by atoms with E-state index in [1.54, 1.807) is 0 Å². The van der Waals surface area contributed by atoms with Crippen molar-refractivity contribution >= 4 is 5.97 Å². The van der Waals surface area contributed by atoms with E-state index < -0.39 is 43.3 Å². The molecule has 0 saturated carbocycles. The van der Waals surface area contributed by atoms with Gasteiger partial charge in [-0.1, -0.05) is 0 Å². The van der Waals surface area contributed by atoms with Gasteiger partial charge in [-0.25, -0.2) is 0 Å². The Hall–Kier alpha value is -0.730. The summed E-state index contributed by atoms with van der Waals surface area (Å²) in [5.74, 6) is -0.695. The normalized spacial score (nSPS) is 41.3. The van der Waals surface area contributed by atoms with E-state index in [1.807, 2.05) is 0 Å². The maximum Gasteiger partial charge on any atom is 0.305 e. The number of esters is 1. The number of carbonyl (C=O) groups is 1. The highest BCUT2D eigenvalue weighted by atomic mass is 16.7. The average molecular weight is 222 g/mol. The maximum absolute atomic E-state index is 10.6. The molecule has 15 heavy (non-hydrogen) atoms. The van der Waals surface area contributed by atoms with Gasteiger partial charge in [0.25, 0.3) is 0 Å². The molecule has 1 saturated heterocycles. The Kier molecular flexibility index (Phi) is 4.00. The third-order valence-electron chi connectivity index (χ3n) is 2.13. The van der Waals surface area contributed by atoms with Crippen LogP contribution in [-0.4, -0.2) is 63.7 Å². The minimum absolute atomic E-state index is 0.553. The summed E-state index contributed by atoms with van der Waals surface area (Å²) < 4.78 is 9.45. The number of hydrogen-bond donors (Lipinski definition) is 4. The van der Waals surface area contributed by atoms with Crippen LogP contribution in [0.25, 0.3) is 0 Å². The Morgan fingerprint density at radius 3 is 2.33 bits per heavy atom. The van der Waals surface area contributed by atoms with Gasteiger partial charge in [0, 0.05) is 6.92 Å². The molecule has 1 heterocycles. The lowest BCUT2D eigenvalue weighted by atomic mass is 9.99. The molecule has 0 amide bonds. The molecule has 1 aliphatic heterocycles. The lowest BCUT2D eigenvalue weighted by molar-refractivity contribution is -0.292. The van der Waals surface area contributed by atoms with Gasteiger partial charge < -0.3 is 29.9 Å². The highest BCUT2D eigenvalue weighted by Gasteiger charge is 2.44. The van der Waals surface area contributed by atoms with Crippen LogP contribution >= 0.6 is 0 Å². The molecular weight excluding hydrogens is 208 g/mol. The number of aliphatic hydroxyl groups is 4. The van der Waals surface area contributed by atoms with Crippen molar-refractivity contribution in [3.63, 3.8) is 0 Å². The van der Waals surface area contributed by atoms with Crippen molar-refractivity contribution < 1.29 is 34.7 Å². The fourth-order valence-corrected chi connectivity index (χ4v) is 1.33. The topological polar surface area (TPSA) is 116 Å². The molecule has 0 aromatic rings. The zero-order chi connectivity index (χ0) is 11.6. The Balaban J connectivity index is 2.69. The Morgan fingerprint density at radius 2 is 1.87 bits per heavy atom. The second-order valence-electron chi connectivity index (χ2n) is 3.31. The van der Waals surface area contributed by atoms with Gasteiger partial charge in [0.1, 0.15) is 24.4 Å². The van der Waals surface area contributed by atoms with Crippen LogP contribution in [0.15, 0.2) is 0 Å². The van der Waals surface area contributed by atoms with Crippen molar-refractivity contribution in [2.45, 2.75) is 37.6 Å². The first-order valence-electron chi connectivity index (χ1n) is 4.45. The minimum atomic E-state index is -1.54. The summed E-state index contributed by atoms with van der Waals surface area (Å²) in [5.41, 5.74) is 0. The summed E-state index contributed by atoms with van der Waals surface area (Å²) in [6.45, 7) is 0.560. The molecule has 0 aromatic carbocycles. The molecule has 0 unspecified atom stereocenters. The van der Waals surface area contributed by atoms with E-state index >= 15 is 0 Å². The van der Waals surface area contributed by atoms with Crippen LogP contribution in [-0.2, 0) is 14.3 Å². The number of ether oxygens (including phenoxy) is 2. The van der Waals surface area contributed by atoms with Gasteiger partial charge in [0.2, 0.25) is 6.29 Å². The summed E-state index contributed by atoms with van der Waals surface area (Å²) >= 11 is 0. The summed E-state index contributed by atoms with van der Waals surface area (Å²) in [6, 6.07) is 0. The average Bonchev–Trinajstić information content (AvgIpc) is 2.18. The molecule has 7 heteroatoms. The van der Waals surface area contributed by atoms with Gasteiger partial charge in [-0.3, -0.25) is 4.79 Å². The van der Waals surface area contributed by atoms with Crippen LogP contribution in [0, 0.1) is 0 Å². The molecule has 1 aliphatic rings. The Bertz CT molecular complexity index is 229. The van der Waals surface area contributed by atoms with Crippen molar-refractivity contribution in [3.05, 3.63) is 0 Å². The largest absolute Gasteiger partial charge is 0.433 e. The molecule has 0 aliphatic carbocycles. The highest BCUT2D eigenvalue weighted by Crippen LogP contribution is 2.21. The van der Waals surface area contributed by atoms with E-state index in [0.717, 1.165) is 6.92 Å². The molecule has 0 radical (unpaired) electrons. The van der Waals surface area contributed by atoms with Gasteiger partial charge in [0.05, 0.1) is 6.61 Å². The zero-order valence-electron chi connectivity index (χ0n) is 8.11. The Labute approximate surface area is 85.9 Å². The molecule has 7 nitrogen and oxygen atoms in total. The first kappa shape index (κ1) is 12.3. The van der Waals surface area contributed by atoms with Gasteiger partial charge in [-0.05, 0) is 0 Å². The maximum atomic E-state index is 10.6. The SMILES string of the molecule is CC(=O)O[C@H]1O[C@H](CO)[C@H](O)[C@H](O)[C@H]1O. The van der Waals surface area contributed by atoms with Crippen LogP contribution in [0.2, 0.25) is 0 Å². The molecule has 4 N–H and O–H groups in total. The molecule has 0 bridgehead atoms. The first-order chi connectivity index (χ1) is 6.97. The van der Waals surface area contributed by atoms with Gasteiger partial charge in [-0.15, -0.1) is 0 Å². The predicted octanol–water partition coefficient (Wildman–Crippen LogP) is -2.65. The zero-order valence-corrected chi connectivity index (χ0v) is 8.11. The number of carbonyl (C=O) groups excluding carboxylic acids is 1. The quantitative estimate of drug-likeness (QED) is 0.377. The number of aliphatic hydroxyl groups excluding tert-OH is 4. The van der Waals surface area contributed by atoms with Crippen molar-refractivity contribution in [1.29, 1.82) is 0 Å². The smallest absolute Gasteiger partial charge is 0.305 e. The molecule has 1 fully saturated rings. The van der Waals surface area contributed by atoms with Crippen molar-refractivity contribution in [2.24, 2.45) is 0 Å². The third-order valence-corrected chi connectivity index (χ3v) is 2.13. The molecule has 1 rings (SSSR count). The fourth-order valence-electron chi connectivity index (χ4n) is 1.33. The van der Waals surface area contributed by atoms with Crippen molar-refractivity contribution in [2.75, 3.05) is 6.61 Å². The van der Waals surface area contributed by atoms with Crippen LogP contribution in [0.1, 0.15) is 6.92 Å². The lowest BCUT2D eigenvalue weighted by Crippen LogP contribution is -2.59. The summed E-state index contributed by atoms with van der Waals surface area (Å²) in [7, 11) is 0. The third kappa shape index (κ3) is 2.64. The second-order valence-corrected chi connectivity index (χ2v) is 3.31. The highest BCUT2D eigenvalue weighted by molar-refractivity contribution is 5.66. The second kappa shape index (κ2) is 4.86. The summed E-state index contributed by atoms with van der Waals surface area (Å²) in [5, 5.41) is 36.8. The molecule has 0 spiro atoms. The standard InChI is InChI=1S/C8H14O7/c1-3(10)14-8-7(13)6(12)5(11)4(2-9)15-8/h4-9,11-13H,2H2,1H3/t4-,5+,6+,7-,8+/m1/s1. The van der Waals surface area contributed by atoms with Crippen molar-refractivity contribution in [3.8, 4) is 0 Å². The molecule has 5 atom stereocenters. The van der Waals surface area contributed by atoms with Crippen LogP contribution in [0.5, 0.6) is 0 Å². The summed E-state index contributed by atoms with van der Waals surface area (Å²) in [4.78, 5) is 10.6. The van der Waals surface area contributed by atoms with Gasteiger partial charge in [0.15, 0.2) is 0 Å². The van der Waals surface area contributed by atoms with Crippen LogP contribution in [0.4, 0.5) is 0 Å². The fraction of sp³-hybridized carbons (Fsp3) is 0.875. The van der Waals surface area contributed by atoms with E-state index in [9.17, 15) is 20.1 Å². The van der Waals surface area contributed by atoms with Crippen molar-refractivity contribution in [1.82, 2.24) is 0 Å². The monoisotopic (exact) mass is 222 g/mol. The van der Waals surface area contributed by atoms with E-state index in [2.05, 4.69) is 4.74 Å². The molecule has 0 aromatic heterocycles. The van der Waals surface area contributed by atoms with E-state index in [1.165, 1.54) is 0 Å². The predicted molar refractivity (Wildman–Crippen MR) is 45.5 cm³/mol. The lowest BCUT2D eigenvalue weighted by Gasteiger charge is -2.38. The van der Waals surface area contributed by atoms with E-state index in [-0.39, 0.29) is 0 Å². The first-order valence-corrected chi connectivity index (χ1v) is 4.45. The molecule has 88 valence electrons. The van der Waals surface area contributed by atoms with Gasteiger partial charge in [-0.2, -0.15) is 0 Å². The number of rotatable bonds is 2. The van der Waals surface area contributed by atoms with E-state index in [0.29, 0.717) is 0 Å². The number of hydrogen-bond acceptors (Lipinski definition) is 7. The van der Waals surface area contributed by atoms with Crippen LogP contribution in [0.3, 0.4) is 0 Å². The van der Waals surface area contributed by atoms with Gasteiger partial charge >= 0.3 is 5.97 Å². The Morgan fingerprint density at radius 1 is 1.27 bits per heavy atom.